The smallest absolute Gasteiger partial charge is 0.311 e. The zero-order chi connectivity index (χ0) is 19.2. The standard InChI is InChI=1S/C21H32O5/c1-4-5-6-7-10-16-24-20(22)14-11-15-21(23)26-19-13-9-8-12-18(19)25-17(2)3/h8-9,12-13,17H,4-7,10-11,14-16H2,1-3H3. The fraction of sp³-hybridized carbons (Fsp3) is 0.619. The minimum Gasteiger partial charge on any atom is -0.487 e. The van der Waals surface area contributed by atoms with E-state index in [0.29, 0.717) is 24.5 Å². The van der Waals surface area contributed by atoms with Crippen LogP contribution in [0.1, 0.15) is 72.1 Å². The van der Waals surface area contributed by atoms with Crippen molar-refractivity contribution in [2.75, 3.05) is 6.61 Å². The molecule has 0 bridgehead atoms. The average Bonchev–Trinajstić information content (AvgIpc) is 2.59. The maximum Gasteiger partial charge on any atom is 0.311 e. The Kier molecular flexibility index (Phi) is 11.2. The fourth-order valence-corrected chi connectivity index (χ4v) is 2.40. The monoisotopic (exact) mass is 364 g/mol. The van der Waals surface area contributed by atoms with Crippen LogP contribution in [0.25, 0.3) is 0 Å². The van der Waals surface area contributed by atoms with Gasteiger partial charge in [0.25, 0.3) is 0 Å². The van der Waals surface area contributed by atoms with Crippen LogP contribution in [0.4, 0.5) is 0 Å². The maximum absolute atomic E-state index is 12.0. The minimum atomic E-state index is -0.378. The van der Waals surface area contributed by atoms with Crippen molar-refractivity contribution in [2.45, 2.75) is 78.2 Å². The normalized spacial score (nSPS) is 10.6. The second kappa shape index (κ2) is 13.2. The second-order valence-corrected chi connectivity index (χ2v) is 6.58. The highest BCUT2D eigenvalue weighted by Crippen LogP contribution is 2.27. The molecular formula is C21H32O5. The minimum absolute atomic E-state index is 0.00778. The van der Waals surface area contributed by atoms with Crippen molar-refractivity contribution < 1.29 is 23.8 Å². The van der Waals surface area contributed by atoms with Crippen molar-refractivity contribution in [1.82, 2.24) is 0 Å². The summed E-state index contributed by atoms with van der Waals surface area (Å²) in [6.45, 7) is 6.45. The Morgan fingerprint density at radius 3 is 2.23 bits per heavy atom. The van der Waals surface area contributed by atoms with Crippen LogP contribution < -0.4 is 9.47 Å². The summed E-state index contributed by atoms with van der Waals surface area (Å²) < 4.78 is 16.1. The van der Waals surface area contributed by atoms with Crippen LogP contribution >= 0.6 is 0 Å². The van der Waals surface area contributed by atoms with Crippen LogP contribution in [0.5, 0.6) is 11.5 Å². The van der Waals surface area contributed by atoms with E-state index in [1.165, 1.54) is 19.3 Å². The van der Waals surface area contributed by atoms with E-state index in [2.05, 4.69) is 6.92 Å². The summed E-state index contributed by atoms with van der Waals surface area (Å²) in [5, 5.41) is 0. The number of ether oxygens (including phenoxy) is 3. The van der Waals surface area contributed by atoms with Crippen molar-refractivity contribution in [1.29, 1.82) is 0 Å². The van der Waals surface area contributed by atoms with Gasteiger partial charge in [-0.1, -0.05) is 44.7 Å². The van der Waals surface area contributed by atoms with E-state index in [9.17, 15) is 9.59 Å². The lowest BCUT2D eigenvalue weighted by molar-refractivity contribution is -0.144. The Labute approximate surface area is 157 Å². The third-order valence-electron chi connectivity index (χ3n) is 3.71. The molecule has 0 radical (unpaired) electrons. The molecule has 0 N–H and O–H groups in total. The molecule has 5 nitrogen and oxygen atoms in total. The number of esters is 2. The number of hydrogen-bond donors (Lipinski definition) is 0. The number of benzene rings is 1. The lowest BCUT2D eigenvalue weighted by atomic mass is 10.2. The molecule has 26 heavy (non-hydrogen) atoms. The summed E-state index contributed by atoms with van der Waals surface area (Å²) in [4.78, 5) is 23.6. The molecule has 146 valence electrons. The molecular weight excluding hydrogens is 332 g/mol. The van der Waals surface area contributed by atoms with Crippen molar-refractivity contribution in [3.05, 3.63) is 24.3 Å². The average molecular weight is 364 g/mol. The van der Waals surface area contributed by atoms with Crippen LogP contribution in [0.3, 0.4) is 0 Å². The number of carbonyl (C=O) groups excluding carboxylic acids is 2. The van der Waals surface area contributed by atoms with Crippen molar-refractivity contribution in [2.24, 2.45) is 0 Å². The van der Waals surface area contributed by atoms with Gasteiger partial charge in [0.15, 0.2) is 11.5 Å². The van der Waals surface area contributed by atoms with Gasteiger partial charge in [0.2, 0.25) is 0 Å². The predicted molar refractivity (Wildman–Crippen MR) is 101 cm³/mol. The van der Waals surface area contributed by atoms with Gasteiger partial charge >= 0.3 is 11.9 Å². The SMILES string of the molecule is CCCCCCCOC(=O)CCCC(=O)Oc1ccccc1OC(C)C. The summed E-state index contributed by atoms with van der Waals surface area (Å²) >= 11 is 0. The Balaban J connectivity index is 2.21. The summed E-state index contributed by atoms with van der Waals surface area (Å²) in [5.41, 5.74) is 0. The lowest BCUT2D eigenvalue weighted by Crippen LogP contribution is -2.12. The van der Waals surface area contributed by atoms with E-state index in [-0.39, 0.29) is 30.9 Å². The molecule has 5 heteroatoms. The highest BCUT2D eigenvalue weighted by molar-refractivity contribution is 5.74. The van der Waals surface area contributed by atoms with Crippen molar-refractivity contribution in [3.63, 3.8) is 0 Å². The first-order chi connectivity index (χ1) is 12.5. The topological polar surface area (TPSA) is 61.8 Å². The van der Waals surface area contributed by atoms with Gasteiger partial charge in [-0.25, -0.2) is 0 Å². The van der Waals surface area contributed by atoms with E-state index in [1.54, 1.807) is 18.2 Å². The predicted octanol–water partition coefficient (Wildman–Crippen LogP) is 5.06. The number of hydrogen-bond acceptors (Lipinski definition) is 5. The third-order valence-corrected chi connectivity index (χ3v) is 3.71. The van der Waals surface area contributed by atoms with E-state index in [4.69, 9.17) is 14.2 Å². The van der Waals surface area contributed by atoms with Crippen molar-refractivity contribution >= 4 is 11.9 Å². The van der Waals surface area contributed by atoms with Gasteiger partial charge in [-0.15, -0.1) is 0 Å². The summed E-state index contributed by atoms with van der Waals surface area (Å²) in [6, 6.07) is 7.07. The molecule has 0 atom stereocenters. The molecule has 0 fully saturated rings. The first-order valence-corrected chi connectivity index (χ1v) is 9.65. The Morgan fingerprint density at radius 2 is 1.54 bits per heavy atom. The number of carbonyl (C=O) groups is 2. The number of unbranched alkanes of at least 4 members (excludes halogenated alkanes) is 4. The first kappa shape index (κ1) is 22.0. The van der Waals surface area contributed by atoms with E-state index in [1.807, 2.05) is 19.9 Å². The molecule has 1 aromatic rings. The maximum atomic E-state index is 12.0. The summed E-state index contributed by atoms with van der Waals surface area (Å²) in [7, 11) is 0. The molecule has 1 rings (SSSR count). The molecule has 0 aliphatic carbocycles. The van der Waals surface area contributed by atoms with E-state index in [0.717, 1.165) is 12.8 Å². The molecule has 1 aromatic carbocycles. The molecule has 0 heterocycles. The van der Waals surface area contributed by atoms with Gasteiger partial charge in [0.1, 0.15) is 0 Å². The number of para-hydroxylation sites is 2. The molecule has 0 aromatic heterocycles. The van der Waals surface area contributed by atoms with Crippen LogP contribution in [-0.4, -0.2) is 24.6 Å². The fourth-order valence-electron chi connectivity index (χ4n) is 2.40. The molecule has 0 amide bonds. The Morgan fingerprint density at radius 1 is 0.885 bits per heavy atom. The lowest BCUT2D eigenvalue weighted by Gasteiger charge is -2.13. The van der Waals surface area contributed by atoms with Gasteiger partial charge in [-0.3, -0.25) is 9.59 Å². The van der Waals surface area contributed by atoms with Crippen LogP contribution in [0, 0.1) is 0 Å². The molecule has 0 saturated carbocycles. The summed E-state index contributed by atoms with van der Waals surface area (Å²) in [5.74, 6) is 0.313. The van der Waals surface area contributed by atoms with Crippen LogP contribution in [0.2, 0.25) is 0 Å². The zero-order valence-corrected chi connectivity index (χ0v) is 16.3. The van der Waals surface area contributed by atoms with Crippen molar-refractivity contribution in [3.8, 4) is 11.5 Å². The van der Waals surface area contributed by atoms with Gasteiger partial charge in [-0.05, 0) is 38.8 Å². The van der Waals surface area contributed by atoms with Gasteiger partial charge < -0.3 is 14.2 Å². The molecule has 0 saturated heterocycles. The zero-order valence-electron chi connectivity index (χ0n) is 16.3. The van der Waals surface area contributed by atoms with E-state index >= 15 is 0 Å². The quantitative estimate of drug-likeness (QED) is 0.278. The molecule has 0 aliphatic heterocycles. The Bertz CT molecular complexity index is 539. The van der Waals surface area contributed by atoms with Gasteiger partial charge in [0, 0.05) is 12.8 Å². The van der Waals surface area contributed by atoms with Crippen LogP contribution in [0.15, 0.2) is 24.3 Å². The first-order valence-electron chi connectivity index (χ1n) is 9.65. The Hall–Kier alpha value is -2.04. The van der Waals surface area contributed by atoms with E-state index < -0.39 is 0 Å². The summed E-state index contributed by atoms with van der Waals surface area (Å²) in [6.07, 6.45) is 6.40. The third kappa shape index (κ3) is 10.1. The highest BCUT2D eigenvalue weighted by atomic mass is 16.6. The molecule has 0 unspecified atom stereocenters. The van der Waals surface area contributed by atoms with Gasteiger partial charge in [-0.2, -0.15) is 0 Å². The molecule has 0 spiro atoms. The number of rotatable bonds is 13. The van der Waals surface area contributed by atoms with Gasteiger partial charge in [0.05, 0.1) is 12.7 Å². The second-order valence-electron chi connectivity index (χ2n) is 6.58. The highest BCUT2D eigenvalue weighted by Gasteiger charge is 2.12. The molecule has 0 aliphatic rings. The van der Waals surface area contributed by atoms with Crippen LogP contribution in [-0.2, 0) is 14.3 Å². The largest absolute Gasteiger partial charge is 0.487 e.